The average molecular weight is 393 g/mol. The summed E-state index contributed by atoms with van der Waals surface area (Å²) >= 11 is 0. The van der Waals surface area contributed by atoms with Gasteiger partial charge < -0.3 is 14.2 Å². The molecule has 0 N–H and O–H groups in total. The van der Waals surface area contributed by atoms with Gasteiger partial charge in [0.15, 0.2) is 24.2 Å². The van der Waals surface area contributed by atoms with Crippen molar-refractivity contribution in [1.29, 1.82) is 5.26 Å². The Bertz CT molecular complexity index is 925. The van der Waals surface area contributed by atoms with E-state index in [2.05, 4.69) is 0 Å². The number of hydrogen-bond acceptors (Lipinski definition) is 6. The van der Waals surface area contributed by atoms with Gasteiger partial charge in [-0.2, -0.15) is 5.26 Å². The fourth-order valence-electron chi connectivity index (χ4n) is 2.59. The third kappa shape index (κ3) is 6.22. The van der Waals surface area contributed by atoms with Crippen LogP contribution in [-0.2, 0) is 16.0 Å². The van der Waals surface area contributed by atoms with Crippen molar-refractivity contribution in [2.45, 2.75) is 26.4 Å². The molecule has 0 radical (unpaired) electrons. The first-order chi connectivity index (χ1) is 14.0. The molecule has 0 heterocycles. The van der Waals surface area contributed by atoms with Crippen LogP contribution in [0.15, 0.2) is 48.5 Å². The number of nitrogens with zero attached hydrogens (tertiary/aromatic N) is 1. The topological polar surface area (TPSA) is 85.6 Å². The second kappa shape index (κ2) is 10.7. The first-order valence-corrected chi connectivity index (χ1v) is 9.18. The molecule has 0 aliphatic carbocycles. The minimum absolute atomic E-state index is 0.0923. The molecule has 0 bridgehead atoms. The van der Waals surface area contributed by atoms with E-state index in [9.17, 15) is 9.59 Å². The number of rotatable bonds is 9. The summed E-state index contributed by atoms with van der Waals surface area (Å²) in [6.45, 7) is 3.49. The van der Waals surface area contributed by atoms with Gasteiger partial charge in [-0.3, -0.25) is 4.79 Å². The first-order valence-electron chi connectivity index (χ1n) is 9.18. The summed E-state index contributed by atoms with van der Waals surface area (Å²) in [5.41, 5.74) is 2.31. The second-order valence-corrected chi connectivity index (χ2v) is 6.18. The minimum atomic E-state index is -0.893. The van der Waals surface area contributed by atoms with Crippen LogP contribution in [-0.4, -0.2) is 31.6 Å². The predicted octanol–water partition coefficient (Wildman–Crippen LogP) is 3.99. The molecule has 0 saturated heterocycles. The van der Waals surface area contributed by atoms with E-state index in [0.29, 0.717) is 22.6 Å². The molecule has 0 aliphatic heterocycles. The van der Waals surface area contributed by atoms with E-state index in [1.165, 1.54) is 13.2 Å². The molecule has 0 amide bonds. The third-order valence-electron chi connectivity index (χ3n) is 4.20. The van der Waals surface area contributed by atoms with Gasteiger partial charge in [0, 0.05) is 11.6 Å². The molecule has 0 fully saturated rings. The van der Waals surface area contributed by atoms with Crippen LogP contribution in [0, 0.1) is 11.3 Å². The lowest BCUT2D eigenvalue weighted by molar-refractivity contribution is -0.140. The molecule has 1 unspecified atom stereocenters. The van der Waals surface area contributed by atoms with Gasteiger partial charge in [-0.25, -0.2) is 4.79 Å². The zero-order valence-electron chi connectivity index (χ0n) is 16.7. The Labute approximate surface area is 170 Å². The van der Waals surface area contributed by atoms with Crippen LogP contribution in [0.2, 0.25) is 0 Å². The van der Waals surface area contributed by atoms with Crippen LogP contribution in [0.1, 0.15) is 35.3 Å². The van der Waals surface area contributed by atoms with Crippen molar-refractivity contribution < 1.29 is 23.8 Å². The highest BCUT2D eigenvalue weighted by atomic mass is 16.5. The van der Waals surface area contributed by atoms with E-state index in [1.807, 2.05) is 25.1 Å². The maximum absolute atomic E-state index is 12.4. The number of carbonyl (C=O) groups is 2. The maximum atomic E-state index is 12.4. The predicted molar refractivity (Wildman–Crippen MR) is 109 cm³/mol. The summed E-state index contributed by atoms with van der Waals surface area (Å²) in [4.78, 5) is 24.5. The highest BCUT2D eigenvalue weighted by Gasteiger charge is 2.18. The monoisotopic (exact) mass is 393 g/mol. The number of ether oxygens (including phenoxy) is 3. The lowest BCUT2D eigenvalue weighted by Crippen LogP contribution is -2.23. The summed E-state index contributed by atoms with van der Waals surface area (Å²) in [7, 11) is 1.48. The number of Topliss-reactive ketones (excluding diaryl/α,β-unsaturated/α-hetero) is 1. The number of esters is 1. The number of hydrogen-bond donors (Lipinski definition) is 0. The van der Waals surface area contributed by atoms with Crippen molar-refractivity contribution in [3.63, 3.8) is 0 Å². The Balaban J connectivity index is 1.99. The van der Waals surface area contributed by atoms with Gasteiger partial charge >= 0.3 is 5.97 Å². The molecule has 150 valence electrons. The number of methoxy groups -OCH3 is 1. The molecule has 6 heteroatoms. The number of carbonyl (C=O) groups excluding carboxylic acids is 2. The molecular weight excluding hydrogens is 370 g/mol. The molecule has 2 aromatic rings. The molecule has 0 aliphatic rings. The summed E-state index contributed by atoms with van der Waals surface area (Å²) in [5, 5.41) is 8.60. The van der Waals surface area contributed by atoms with Gasteiger partial charge in [0.1, 0.15) is 6.07 Å². The van der Waals surface area contributed by atoms with Crippen molar-refractivity contribution in [3.05, 3.63) is 65.2 Å². The van der Waals surface area contributed by atoms with Crippen molar-refractivity contribution in [1.82, 2.24) is 0 Å². The molecule has 2 rings (SSSR count). The SMILES string of the molecule is CCc1ccc(C(=O)C(C)OC(=O)/C=C/c2ccc(OCC#N)c(OC)c2)cc1. The number of ketones is 1. The molecule has 2 aromatic carbocycles. The van der Waals surface area contributed by atoms with E-state index < -0.39 is 12.1 Å². The smallest absolute Gasteiger partial charge is 0.331 e. The average Bonchev–Trinajstić information content (AvgIpc) is 2.75. The van der Waals surface area contributed by atoms with Crippen LogP contribution in [0.4, 0.5) is 0 Å². The van der Waals surface area contributed by atoms with Gasteiger partial charge in [-0.05, 0) is 42.7 Å². The molecular formula is C23H23NO5. The first kappa shape index (κ1) is 21.7. The van der Waals surface area contributed by atoms with Gasteiger partial charge in [-0.15, -0.1) is 0 Å². The standard InChI is InChI=1S/C23H23NO5/c1-4-17-5-9-19(10-6-17)23(26)16(2)29-22(25)12-8-18-7-11-20(28-14-13-24)21(15-18)27-3/h5-12,15-16H,4,14H2,1-3H3/b12-8+. The Hall–Kier alpha value is -3.59. The lowest BCUT2D eigenvalue weighted by Gasteiger charge is -2.11. The van der Waals surface area contributed by atoms with Gasteiger partial charge in [0.05, 0.1) is 7.11 Å². The Morgan fingerprint density at radius 3 is 2.48 bits per heavy atom. The van der Waals surface area contributed by atoms with Crippen LogP contribution < -0.4 is 9.47 Å². The van der Waals surface area contributed by atoms with E-state index in [0.717, 1.165) is 12.0 Å². The van der Waals surface area contributed by atoms with Crippen molar-refractivity contribution >= 4 is 17.8 Å². The summed E-state index contributed by atoms with van der Waals surface area (Å²) in [6.07, 6.45) is 2.79. The van der Waals surface area contributed by atoms with Crippen molar-refractivity contribution in [2.75, 3.05) is 13.7 Å². The highest BCUT2D eigenvalue weighted by Crippen LogP contribution is 2.28. The molecule has 6 nitrogen and oxygen atoms in total. The lowest BCUT2D eigenvalue weighted by atomic mass is 10.0. The summed E-state index contributed by atoms with van der Waals surface area (Å²) in [5.74, 6) is -0.00760. The van der Waals surface area contributed by atoms with Crippen molar-refractivity contribution in [3.8, 4) is 17.6 Å². The van der Waals surface area contributed by atoms with Gasteiger partial charge in [-0.1, -0.05) is 37.3 Å². The fraction of sp³-hybridized carbons (Fsp3) is 0.261. The van der Waals surface area contributed by atoms with Gasteiger partial charge in [0.25, 0.3) is 0 Å². The van der Waals surface area contributed by atoms with E-state index >= 15 is 0 Å². The molecule has 0 spiro atoms. The van der Waals surface area contributed by atoms with Crippen LogP contribution in [0.3, 0.4) is 0 Å². The van der Waals surface area contributed by atoms with Gasteiger partial charge in [0.2, 0.25) is 5.78 Å². The van der Waals surface area contributed by atoms with Crippen LogP contribution in [0.25, 0.3) is 6.08 Å². The highest BCUT2D eigenvalue weighted by molar-refractivity contribution is 6.01. The Morgan fingerprint density at radius 2 is 1.86 bits per heavy atom. The number of nitriles is 1. The number of benzene rings is 2. The molecule has 0 saturated carbocycles. The summed E-state index contributed by atoms with van der Waals surface area (Å²) in [6, 6.07) is 14.2. The van der Waals surface area contributed by atoms with E-state index in [-0.39, 0.29) is 12.4 Å². The van der Waals surface area contributed by atoms with E-state index in [1.54, 1.807) is 43.3 Å². The third-order valence-corrected chi connectivity index (χ3v) is 4.20. The van der Waals surface area contributed by atoms with Crippen LogP contribution >= 0.6 is 0 Å². The van der Waals surface area contributed by atoms with Crippen LogP contribution in [0.5, 0.6) is 11.5 Å². The zero-order valence-corrected chi connectivity index (χ0v) is 16.7. The van der Waals surface area contributed by atoms with E-state index in [4.69, 9.17) is 19.5 Å². The molecule has 1 atom stereocenters. The number of aryl methyl sites for hydroxylation is 1. The second-order valence-electron chi connectivity index (χ2n) is 6.18. The maximum Gasteiger partial charge on any atom is 0.331 e. The molecule has 0 aromatic heterocycles. The Kier molecular flexibility index (Phi) is 7.99. The van der Waals surface area contributed by atoms with Crippen molar-refractivity contribution in [2.24, 2.45) is 0 Å². The Morgan fingerprint density at radius 1 is 1.14 bits per heavy atom. The summed E-state index contributed by atoms with van der Waals surface area (Å²) < 4.78 is 15.7. The zero-order chi connectivity index (χ0) is 21.2. The minimum Gasteiger partial charge on any atom is -0.493 e. The fourth-order valence-corrected chi connectivity index (χ4v) is 2.59. The quantitative estimate of drug-likeness (QED) is 0.364. The normalized spacial score (nSPS) is 11.5. The largest absolute Gasteiger partial charge is 0.493 e. The molecule has 29 heavy (non-hydrogen) atoms.